The molecule has 1 saturated carbocycles. The van der Waals surface area contributed by atoms with Crippen molar-refractivity contribution in [3.8, 4) is 0 Å². The molecule has 2 atom stereocenters. The molecule has 11 heteroatoms. The Labute approximate surface area is 203 Å². The highest BCUT2D eigenvalue weighted by Gasteiger charge is 2.53. The van der Waals surface area contributed by atoms with Gasteiger partial charge in [-0.3, -0.25) is 29.5 Å². The maximum atomic E-state index is 15.1. The first-order chi connectivity index (χ1) is 16.2. The van der Waals surface area contributed by atoms with Crippen LogP contribution < -0.4 is 10.6 Å². The molecule has 0 bridgehead atoms. The summed E-state index contributed by atoms with van der Waals surface area (Å²) < 4.78 is 15.1. The molecule has 3 aliphatic rings. The van der Waals surface area contributed by atoms with Crippen LogP contribution in [0.3, 0.4) is 0 Å². The molecule has 2 N–H and O–H groups in total. The Morgan fingerprint density at radius 2 is 2.00 bits per heavy atom. The predicted molar refractivity (Wildman–Crippen MR) is 120 cm³/mol. The van der Waals surface area contributed by atoms with Gasteiger partial charge in [0.15, 0.2) is 0 Å². The number of hydrogen-bond acceptors (Lipinski definition) is 5. The Bertz CT molecular complexity index is 1250. The van der Waals surface area contributed by atoms with Crippen LogP contribution in [0.2, 0.25) is 10.0 Å². The molecule has 1 saturated heterocycles. The summed E-state index contributed by atoms with van der Waals surface area (Å²) in [5, 5.41) is 5.40. The summed E-state index contributed by atoms with van der Waals surface area (Å²) in [7, 11) is 0. The highest BCUT2D eigenvalue weighted by Crippen LogP contribution is 2.50. The zero-order valence-corrected chi connectivity index (χ0v) is 19.3. The van der Waals surface area contributed by atoms with E-state index in [0.29, 0.717) is 16.1 Å². The molecule has 0 spiro atoms. The molecular formula is C23H19Cl2FN4O4. The lowest BCUT2D eigenvalue weighted by atomic mass is 10.0. The summed E-state index contributed by atoms with van der Waals surface area (Å²) in [6.07, 6.45) is 2.26. The second kappa shape index (κ2) is 8.32. The number of fused-ring (bicyclic) bond motifs is 1. The Morgan fingerprint density at radius 1 is 1.24 bits per heavy atom. The second-order valence-electron chi connectivity index (χ2n) is 8.73. The highest BCUT2D eigenvalue weighted by atomic mass is 35.5. The first kappa shape index (κ1) is 22.7. The fourth-order valence-corrected chi connectivity index (χ4v) is 4.91. The average Bonchev–Trinajstić information content (AvgIpc) is 3.45. The monoisotopic (exact) mass is 504 g/mol. The number of carbonyl (C=O) groups is 4. The largest absolute Gasteiger partial charge is 0.340 e. The Balaban J connectivity index is 1.37. The van der Waals surface area contributed by atoms with Crippen molar-refractivity contribution in [2.24, 2.45) is 0 Å². The van der Waals surface area contributed by atoms with Crippen LogP contribution in [-0.4, -0.2) is 45.2 Å². The molecule has 0 unspecified atom stereocenters. The third-order valence-electron chi connectivity index (χ3n) is 6.42. The number of amides is 4. The number of alkyl halides is 1. The number of carbonyl (C=O) groups excluding carboxylic acids is 4. The molecule has 0 radical (unpaired) electrons. The Morgan fingerprint density at radius 3 is 2.68 bits per heavy atom. The smallest absolute Gasteiger partial charge is 0.255 e. The topological polar surface area (TPSA) is 108 Å². The van der Waals surface area contributed by atoms with Crippen LogP contribution in [0.5, 0.6) is 0 Å². The molecular weight excluding hydrogens is 486 g/mol. The number of benzene rings is 1. The lowest BCUT2D eigenvalue weighted by Crippen LogP contribution is -2.52. The number of hydrogen-bond donors (Lipinski definition) is 2. The lowest BCUT2D eigenvalue weighted by Gasteiger charge is -2.29. The molecule has 34 heavy (non-hydrogen) atoms. The second-order valence-corrected chi connectivity index (χ2v) is 9.58. The van der Waals surface area contributed by atoms with Crippen LogP contribution in [0, 0.1) is 0 Å². The Hall–Kier alpha value is -3.04. The van der Waals surface area contributed by atoms with Crippen LogP contribution in [0.15, 0.2) is 30.5 Å². The summed E-state index contributed by atoms with van der Waals surface area (Å²) >= 11 is 12.1. The third-order valence-corrected chi connectivity index (χ3v) is 6.93. The van der Waals surface area contributed by atoms with E-state index in [2.05, 4.69) is 15.6 Å². The first-order valence-corrected chi connectivity index (χ1v) is 11.5. The van der Waals surface area contributed by atoms with Crippen LogP contribution in [0.25, 0.3) is 0 Å². The number of piperidine rings is 1. The number of halogens is 3. The van der Waals surface area contributed by atoms with Gasteiger partial charge in [-0.2, -0.15) is 0 Å². The fourth-order valence-electron chi connectivity index (χ4n) is 4.42. The molecule has 2 aliphatic heterocycles. The van der Waals surface area contributed by atoms with Gasteiger partial charge in [0.2, 0.25) is 11.8 Å². The van der Waals surface area contributed by atoms with Gasteiger partial charge >= 0.3 is 0 Å². The minimum absolute atomic E-state index is 0.128. The number of nitrogens with zero attached hydrogens (tertiary/aromatic N) is 2. The van der Waals surface area contributed by atoms with E-state index in [9.17, 15) is 19.2 Å². The summed E-state index contributed by atoms with van der Waals surface area (Å²) in [4.78, 5) is 55.1. The maximum absolute atomic E-state index is 15.1. The van der Waals surface area contributed by atoms with E-state index in [4.69, 9.17) is 23.2 Å². The molecule has 1 aliphatic carbocycles. The van der Waals surface area contributed by atoms with Crippen molar-refractivity contribution >= 4 is 46.8 Å². The number of aromatic nitrogens is 1. The first-order valence-electron chi connectivity index (χ1n) is 10.7. The van der Waals surface area contributed by atoms with Crippen LogP contribution in [0.1, 0.15) is 63.7 Å². The number of rotatable bonds is 5. The van der Waals surface area contributed by atoms with Gasteiger partial charge in [-0.15, -0.1) is 0 Å². The van der Waals surface area contributed by atoms with E-state index < -0.39 is 29.6 Å². The van der Waals surface area contributed by atoms with Crippen molar-refractivity contribution in [1.82, 2.24) is 20.5 Å². The van der Waals surface area contributed by atoms with Gasteiger partial charge in [-0.1, -0.05) is 23.2 Å². The van der Waals surface area contributed by atoms with Gasteiger partial charge in [0.25, 0.3) is 11.8 Å². The zero-order valence-electron chi connectivity index (χ0n) is 17.7. The van der Waals surface area contributed by atoms with E-state index in [0.717, 1.165) is 0 Å². The number of pyridine rings is 1. The SMILES string of the molecule is O=C1CC[C@H](N2Cc3cc(C(=O)N[C@H](c4ncc(Cl)cc4Cl)C4(F)CC4)ccc3C2=O)C(=O)N1. The molecule has 5 rings (SSSR count). The Kier molecular flexibility index (Phi) is 5.56. The fraction of sp³-hybridized carbons (Fsp3) is 0.348. The molecule has 1 aromatic carbocycles. The predicted octanol–water partition coefficient (Wildman–Crippen LogP) is 3.12. The van der Waals surface area contributed by atoms with Crippen LogP contribution in [0.4, 0.5) is 4.39 Å². The molecule has 2 aromatic rings. The summed E-state index contributed by atoms with van der Waals surface area (Å²) in [6.45, 7) is 0.128. The third kappa shape index (κ3) is 4.03. The van der Waals surface area contributed by atoms with Gasteiger partial charge in [-0.05, 0) is 49.1 Å². The summed E-state index contributed by atoms with van der Waals surface area (Å²) in [5.41, 5.74) is -0.279. The zero-order chi connectivity index (χ0) is 24.2. The highest BCUT2D eigenvalue weighted by molar-refractivity contribution is 6.34. The van der Waals surface area contributed by atoms with Crippen molar-refractivity contribution in [2.75, 3.05) is 0 Å². The van der Waals surface area contributed by atoms with Gasteiger partial charge in [0, 0.05) is 30.3 Å². The quantitative estimate of drug-likeness (QED) is 0.608. The maximum Gasteiger partial charge on any atom is 0.255 e. The van der Waals surface area contributed by atoms with Crippen molar-refractivity contribution < 1.29 is 23.6 Å². The minimum Gasteiger partial charge on any atom is -0.340 e. The van der Waals surface area contributed by atoms with Crippen molar-refractivity contribution in [3.05, 3.63) is 62.9 Å². The molecule has 8 nitrogen and oxygen atoms in total. The van der Waals surface area contributed by atoms with Crippen LogP contribution in [-0.2, 0) is 16.1 Å². The number of imide groups is 1. The average molecular weight is 505 g/mol. The van der Waals surface area contributed by atoms with E-state index in [1.165, 1.54) is 29.3 Å². The van der Waals surface area contributed by atoms with Crippen molar-refractivity contribution in [3.63, 3.8) is 0 Å². The van der Waals surface area contributed by atoms with E-state index in [1.807, 2.05) is 0 Å². The van der Waals surface area contributed by atoms with Crippen molar-refractivity contribution in [1.29, 1.82) is 0 Å². The van der Waals surface area contributed by atoms with Crippen molar-refractivity contribution in [2.45, 2.75) is 50.0 Å². The molecule has 3 heterocycles. The van der Waals surface area contributed by atoms with Gasteiger partial charge in [0.1, 0.15) is 17.8 Å². The minimum atomic E-state index is -1.66. The lowest BCUT2D eigenvalue weighted by molar-refractivity contribution is -0.136. The summed E-state index contributed by atoms with van der Waals surface area (Å²) in [6, 6.07) is 4.19. The molecule has 176 valence electrons. The van der Waals surface area contributed by atoms with E-state index in [-0.39, 0.29) is 60.3 Å². The normalized spacial score (nSPS) is 21.7. The molecule has 4 amide bonds. The van der Waals surface area contributed by atoms with E-state index >= 15 is 4.39 Å². The van der Waals surface area contributed by atoms with Gasteiger partial charge in [0.05, 0.1) is 15.7 Å². The number of nitrogens with one attached hydrogen (secondary N) is 2. The van der Waals surface area contributed by atoms with Gasteiger partial charge < -0.3 is 10.2 Å². The molecule has 2 fully saturated rings. The summed E-state index contributed by atoms with van der Waals surface area (Å²) in [5.74, 6) is -1.76. The standard InChI is InChI=1S/C23H19Cl2FN4O4/c24-13-8-15(25)18(27-9-13)19(23(26)5-6-23)29-20(32)11-1-2-14-12(7-11)10-30(22(14)34)16-3-4-17(31)28-21(16)33/h1-2,7-9,16,19H,3-6,10H2,(H,29,32)(H,28,31,33)/t16-,19+/m0/s1. The van der Waals surface area contributed by atoms with Gasteiger partial charge in [-0.25, -0.2) is 4.39 Å². The van der Waals surface area contributed by atoms with E-state index in [1.54, 1.807) is 6.07 Å². The molecule has 1 aromatic heterocycles. The van der Waals surface area contributed by atoms with Crippen LogP contribution >= 0.6 is 23.2 Å².